The van der Waals surface area contributed by atoms with Gasteiger partial charge in [0.1, 0.15) is 11.5 Å². The van der Waals surface area contributed by atoms with Crippen molar-refractivity contribution in [1.29, 1.82) is 0 Å². The lowest BCUT2D eigenvalue weighted by Crippen LogP contribution is -2.67. The monoisotopic (exact) mass is 514 g/mol. The second kappa shape index (κ2) is 9.52. The van der Waals surface area contributed by atoms with E-state index in [-0.39, 0.29) is 28.4 Å². The van der Waals surface area contributed by atoms with Gasteiger partial charge in [0.15, 0.2) is 5.78 Å². The predicted molar refractivity (Wildman–Crippen MR) is 145 cm³/mol. The van der Waals surface area contributed by atoms with Crippen molar-refractivity contribution in [2.75, 3.05) is 0 Å². The van der Waals surface area contributed by atoms with Crippen LogP contribution in [0, 0.1) is 51.2 Å². The highest BCUT2D eigenvalue weighted by atomic mass is 16.5. The van der Waals surface area contributed by atoms with Gasteiger partial charge >= 0.3 is 11.9 Å². The van der Waals surface area contributed by atoms with Crippen molar-refractivity contribution in [3.63, 3.8) is 0 Å². The van der Waals surface area contributed by atoms with Crippen molar-refractivity contribution in [3.8, 4) is 0 Å². The van der Waals surface area contributed by atoms with E-state index in [1.165, 1.54) is 25.3 Å². The van der Waals surface area contributed by atoms with Crippen LogP contribution in [-0.4, -0.2) is 28.9 Å². The summed E-state index contributed by atoms with van der Waals surface area (Å²) in [4.78, 5) is 39.0. The zero-order chi connectivity index (χ0) is 27.6. The molecule has 10 atom stereocenters. The van der Waals surface area contributed by atoms with E-state index in [0.29, 0.717) is 30.6 Å². The Bertz CT molecular complexity index is 984. The third-order valence-corrected chi connectivity index (χ3v) is 12.5. The van der Waals surface area contributed by atoms with Crippen LogP contribution in [0.15, 0.2) is 11.6 Å². The molecule has 3 saturated carbocycles. The van der Waals surface area contributed by atoms with Crippen LogP contribution >= 0.6 is 0 Å². The molecule has 37 heavy (non-hydrogen) atoms. The number of hydrogen-bond donors (Lipinski definition) is 1. The molecule has 0 spiro atoms. The number of carboxylic acid groups (broad SMARTS) is 1. The first-order valence-electron chi connectivity index (χ1n) is 14.8. The van der Waals surface area contributed by atoms with E-state index >= 15 is 0 Å². The van der Waals surface area contributed by atoms with Crippen molar-refractivity contribution >= 4 is 17.7 Å². The summed E-state index contributed by atoms with van der Waals surface area (Å²) in [7, 11) is 0. The molecule has 0 aromatic carbocycles. The van der Waals surface area contributed by atoms with Gasteiger partial charge in [-0.3, -0.25) is 14.4 Å². The molecule has 0 saturated heterocycles. The van der Waals surface area contributed by atoms with Gasteiger partial charge in [-0.1, -0.05) is 60.0 Å². The van der Waals surface area contributed by atoms with E-state index in [4.69, 9.17) is 4.74 Å². The molecule has 5 heteroatoms. The largest absolute Gasteiger partial charge is 0.481 e. The van der Waals surface area contributed by atoms with E-state index in [9.17, 15) is 19.5 Å². The third kappa shape index (κ3) is 4.22. The quantitative estimate of drug-likeness (QED) is 0.393. The molecule has 0 bridgehead atoms. The van der Waals surface area contributed by atoms with Crippen LogP contribution < -0.4 is 0 Å². The number of esters is 1. The van der Waals surface area contributed by atoms with Gasteiger partial charge in [-0.2, -0.15) is 0 Å². The van der Waals surface area contributed by atoms with Gasteiger partial charge in [0.05, 0.1) is 0 Å². The van der Waals surface area contributed by atoms with Crippen molar-refractivity contribution in [3.05, 3.63) is 11.6 Å². The number of carbonyl (C=O) groups excluding carboxylic acids is 2. The summed E-state index contributed by atoms with van der Waals surface area (Å²) in [5.41, 5.74) is -0.652. The van der Waals surface area contributed by atoms with Crippen LogP contribution in [0.4, 0.5) is 0 Å². The highest BCUT2D eigenvalue weighted by molar-refractivity contribution is 5.95. The number of allylic oxidation sites excluding steroid dienone is 2. The van der Waals surface area contributed by atoms with Crippen LogP contribution in [0.25, 0.3) is 0 Å². The highest BCUT2D eigenvalue weighted by Gasteiger charge is 2.70. The maximum Gasteiger partial charge on any atom is 0.313 e. The first-order valence-corrected chi connectivity index (χ1v) is 14.8. The molecule has 5 nitrogen and oxygen atoms in total. The van der Waals surface area contributed by atoms with Crippen molar-refractivity contribution in [2.45, 2.75) is 119 Å². The average molecular weight is 515 g/mol. The third-order valence-electron chi connectivity index (χ3n) is 12.5. The van der Waals surface area contributed by atoms with Gasteiger partial charge in [0.25, 0.3) is 0 Å². The number of aliphatic carboxylic acids is 1. The lowest BCUT2D eigenvalue weighted by Gasteiger charge is -2.67. The van der Waals surface area contributed by atoms with Crippen molar-refractivity contribution in [2.24, 2.45) is 51.2 Å². The topological polar surface area (TPSA) is 80.7 Å². The summed E-state index contributed by atoms with van der Waals surface area (Å²) in [6.07, 6.45) is 9.80. The van der Waals surface area contributed by atoms with E-state index < -0.39 is 28.9 Å². The second-order valence-corrected chi connectivity index (χ2v) is 14.5. The number of ketones is 1. The first-order chi connectivity index (χ1) is 17.1. The lowest BCUT2D eigenvalue weighted by molar-refractivity contribution is -0.217. The van der Waals surface area contributed by atoms with Crippen LogP contribution in [0.1, 0.15) is 113 Å². The Morgan fingerprint density at radius 2 is 1.59 bits per heavy atom. The predicted octanol–water partition coefficient (Wildman–Crippen LogP) is 7.23. The Labute approximate surface area is 224 Å². The summed E-state index contributed by atoms with van der Waals surface area (Å²) in [5, 5.41) is 10.5. The minimum absolute atomic E-state index is 0.0918. The number of carbonyl (C=O) groups is 3. The normalized spacial score (nSPS) is 48.5. The standard InChI is InChI=1S/C32H50O5/c1-19-9-10-20(2)21(3)17-23-18-24(34)27-29(5)14-13-26(37-22(4)33)32(8,28(35)36)25(29)12-16-31(27,7)30(23,6)15-11-19/h18-21,25-27H,9-17H2,1-8H3,(H,35,36)/t19-,20+,21+,25?,26+,27?,29-,30+,31+,32+/m0/s1. The van der Waals surface area contributed by atoms with Crippen LogP contribution in [0.2, 0.25) is 0 Å². The van der Waals surface area contributed by atoms with Crippen LogP contribution in [0.5, 0.6) is 0 Å². The molecule has 0 radical (unpaired) electrons. The minimum Gasteiger partial charge on any atom is -0.481 e. The smallest absolute Gasteiger partial charge is 0.313 e. The maximum atomic E-state index is 14.2. The molecule has 0 amide bonds. The van der Waals surface area contributed by atoms with E-state index in [2.05, 4.69) is 41.5 Å². The van der Waals surface area contributed by atoms with Gasteiger partial charge in [0.2, 0.25) is 0 Å². The van der Waals surface area contributed by atoms with E-state index in [0.717, 1.165) is 32.1 Å². The summed E-state index contributed by atoms with van der Waals surface area (Å²) in [6, 6.07) is 0. The Morgan fingerprint density at radius 3 is 2.22 bits per heavy atom. The second-order valence-electron chi connectivity index (χ2n) is 14.5. The zero-order valence-corrected chi connectivity index (χ0v) is 24.5. The molecule has 2 unspecified atom stereocenters. The molecule has 1 N–H and O–H groups in total. The highest BCUT2D eigenvalue weighted by Crippen LogP contribution is 2.72. The van der Waals surface area contributed by atoms with Crippen LogP contribution in [-0.2, 0) is 19.1 Å². The number of rotatable bonds is 2. The van der Waals surface area contributed by atoms with Crippen molar-refractivity contribution < 1.29 is 24.2 Å². The molecule has 4 rings (SSSR count). The Kier molecular flexibility index (Phi) is 7.30. The summed E-state index contributed by atoms with van der Waals surface area (Å²) in [6.45, 7) is 17.2. The van der Waals surface area contributed by atoms with Gasteiger partial charge < -0.3 is 9.84 Å². The molecule has 0 heterocycles. The Hall–Kier alpha value is -1.65. The zero-order valence-electron chi connectivity index (χ0n) is 24.5. The molecule has 0 aromatic rings. The van der Waals surface area contributed by atoms with Gasteiger partial charge in [-0.05, 0) is 97.9 Å². The number of ether oxygens (including phenoxy) is 1. The minimum atomic E-state index is -1.21. The molecule has 3 fully saturated rings. The number of fused-ring (bicyclic) bond motifs is 5. The van der Waals surface area contributed by atoms with Gasteiger partial charge in [-0.25, -0.2) is 0 Å². The molecular weight excluding hydrogens is 464 g/mol. The molecule has 4 aliphatic carbocycles. The fourth-order valence-electron chi connectivity index (χ4n) is 9.59. The van der Waals surface area contributed by atoms with E-state index in [1.54, 1.807) is 6.92 Å². The molecular formula is C32H50O5. The molecule has 0 aromatic heterocycles. The maximum absolute atomic E-state index is 14.2. The average Bonchev–Trinajstić information content (AvgIpc) is 2.80. The summed E-state index contributed by atoms with van der Waals surface area (Å²) < 4.78 is 5.63. The Balaban J connectivity index is 1.82. The number of hydrogen-bond acceptors (Lipinski definition) is 4. The van der Waals surface area contributed by atoms with Gasteiger partial charge in [-0.15, -0.1) is 0 Å². The molecule has 208 valence electrons. The fraction of sp³-hybridized carbons (Fsp3) is 0.844. The summed E-state index contributed by atoms with van der Waals surface area (Å²) >= 11 is 0. The molecule has 4 aliphatic rings. The summed E-state index contributed by atoms with van der Waals surface area (Å²) in [5.74, 6) is 0.216. The van der Waals surface area contributed by atoms with E-state index in [1.807, 2.05) is 6.08 Å². The lowest BCUT2D eigenvalue weighted by atomic mass is 9.35. The van der Waals surface area contributed by atoms with Gasteiger partial charge in [0, 0.05) is 12.8 Å². The Morgan fingerprint density at radius 1 is 0.919 bits per heavy atom. The van der Waals surface area contributed by atoms with Crippen molar-refractivity contribution in [1.82, 2.24) is 0 Å². The first kappa shape index (κ1) is 28.4. The molecule has 0 aliphatic heterocycles. The van der Waals surface area contributed by atoms with Crippen LogP contribution in [0.3, 0.4) is 0 Å². The number of carboxylic acids is 1. The fourth-order valence-corrected chi connectivity index (χ4v) is 9.59. The SMILES string of the molecule is CC(=O)O[C@@H]1CC[C@@]2(C)C(CC[C@]3(C)C2C(=O)C=C2C[C@@H](C)[C@H](C)CC[C@H](C)CC[C@]23C)[C@@]1(C)C(=O)O.